The van der Waals surface area contributed by atoms with E-state index in [1.54, 1.807) is 0 Å². The zero-order chi connectivity index (χ0) is 11.1. The molecule has 0 saturated heterocycles. The van der Waals surface area contributed by atoms with Crippen molar-refractivity contribution in [3.63, 3.8) is 0 Å². The van der Waals surface area contributed by atoms with E-state index in [1.165, 1.54) is 0 Å². The maximum absolute atomic E-state index is 5.42. The summed E-state index contributed by atoms with van der Waals surface area (Å²) in [6.07, 6.45) is 0. The van der Waals surface area contributed by atoms with Crippen LogP contribution in [0, 0.1) is 5.38 Å². The van der Waals surface area contributed by atoms with Crippen LogP contribution in [-0.4, -0.2) is 19.9 Å². The Morgan fingerprint density at radius 3 is 0.846 bits per heavy atom. The summed E-state index contributed by atoms with van der Waals surface area (Å²) in [5, 5.41) is 0.556. The van der Waals surface area contributed by atoms with Crippen LogP contribution in [0.2, 0.25) is 0 Å². The predicted molar refractivity (Wildman–Crippen MR) is 69.3 cm³/mol. The second kappa shape index (κ2) is 4.20. The van der Waals surface area contributed by atoms with Crippen LogP contribution in [0.15, 0.2) is 0 Å². The zero-order valence-corrected chi connectivity index (χ0v) is 14.9. The first kappa shape index (κ1) is 16.3. The third kappa shape index (κ3) is 15.3. The van der Waals surface area contributed by atoms with Gasteiger partial charge in [0.25, 0.3) is 10.8 Å². The summed E-state index contributed by atoms with van der Waals surface area (Å²) in [4.78, 5) is 0. The Kier molecular flexibility index (Phi) is 5.26. The van der Waals surface area contributed by atoms with Gasteiger partial charge in [-0.25, -0.2) is 0 Å². The average Bonchev–Trinajstić information content (AvgIpc) is 2.14. The van der Waals surface area contributed by atoms with Crippen molar-refractivity contribution in [2.24, 2.45) is 0 Å². The molecule has 1 saturated carbocycles. The van der Waals surface area contributed by atoms with E-state index in [4.69, 9.17) is 87.8 Å². The molecule has 0 heterocycles. The van der Waals surface area contributed by atoms with Crippen molar-refractivity contribution in [3.05, 3.63) is 5.38 Å². The van der Waals surface area contributed by atoms with Crippen LogP contribution in [0.4, 0.5) is 0 Å². The molecule has 0 aromatic heterocycles. The molecular weight excluding hydrogens is 477 g/mol. The molecule has 2 unspecified atom stereocenters. The van der Waals surface area contributed by atoms with E-state index in [1.807, 2.05) is 0 Å². The van der Waals surface area contributed by atoms with Crippen molar-refractivity contribution in [1.82, 2.24) is 0 Å². The number of hydrogen-bond donors (Lipinski definition) is 0. The van der Waals surface area contributed by atoms with Crippen molar-refractivity contribution < 1.29 is 0 Å². The van der Waals surface area contributed by atoms with Crippen LogP contribution >= 0.6 is 87.8 Å². The molecule has 10 heteroatoms. The molecule has 0 amide bonds. The molecule has 0 aliphatic heterocycles. The van der Waals surface area contributed by atoms with Crippen LogP contribution < -0.4 is 0 Å². The Morgan fingerprint density at radius 2 is 0.846 bits per heavy atom. The van der Waals surface area contributed by atoms with Gasteiger partial charge in [-0.2, -0.15) is 0 Å². The van der Waals surface area contributed by atoms with Crippen LogP contribution in [-0.2, 0) is 0 Å². The number of rotatable bonds is 0. The molecule has 1 fully saturated rings. The maximum atomic E-state index is 5.39. The Bertz CT molecular complexity index is 156. The summed E-state index contributed by atoms with van der Waals surface area (Å²) in [6.45, 7) is 0. The van der Waals surface area contributed by atoms with E-state index in [0.29, 0.717) is 5.38 Å². The fourth-order valence-corrected chi connectivity index (χ4v) is 0.956. The van der Waals surface area contributed by atoms with Gasteiger partial charge in [-0.15, -0.1) is 0 Å². The molecule has 0 nitrogen and oxygen atoms in total. The van der Waals surface area contributed by atoms with Gasteiger partial charge < -0.3 is 0 Å². The van der Waals surface area contributed by atoms with E-state index in [2.05, 4.69) is 0 Å². The third-order valence-corrected chi connectivity index (χ3v) is 2.47. The van der Waals surface area contributed by atoms with Crippen molar-refractivity contribution in [1.29, 1.82) is 0 Å². The van der Waals surface area contributed by atoms with E-state index in [0.717, 1.165) is 0 Å². The summed E-state index contributed by atoms with van der Waals surface area (Å²) in [7, 11) is 25.0. The second-order valence-electron chi connectivity index (χ2n) is 2.15. The molecule has 0 aromatic rings. The zero-order valence-electron chi connectivity index (χ0n) is 5.50. The normalized spacial score (nSPS) is 32.5. The SMILES string of the molecule is Cl[C+]1C(Cl)C1Cl.[Cl][Sb-]([Cl])([Cl])([Cl])([Cl])[Cl]. The summed E-state index contributed by atoms with van der Waals surface area (Å²) >= 11 is 16.1. The molecule has 82 valence electrons. The van der Waals surface area contributed by atoms with Gasteiger partial charge in [0.2, 0.25) is 5.38 Å². The molecule has 2 atom stereocenters. The monoisotopic (exact) mass is 474 g/mol. The number of alkyl halides is 2. The quantitative estimate of drug-likeness (QED) is 0.236. The fraction of sp³-hybridized carbons (Fsp3) is 0.667. The van der Waals surface area contributed by atoms with E-state index < -0.39 is 9.14 Å². The van der Waals surface area contributed by atoms with Gasteiger partial charge in [0.1, 0.15) is 11.6 Å². The molecule has 0 N–H and O–H groups in total. The van der Waals surface area contributed by atoms with Crippen LogP contribution in [0.3, 0.4) is 0 Å². The summed E-state index contributed by atoms with van der Waals surface area (Å²) in [5.74, 6) is 0. The first-order chi connectivity index (χ1) is 5.18. The van der Waals surface area contributed by atoms with E-state index >= 15 is 0 Å². The predicted octanol–water partition coefficient (Wildman–Crippen LogP) is 5.74. The van der Waals surface area contributed by atoms with E-state index in [9.17, 15) is 0 Å². The van der Waals surface area contributed by atoms with E-state index in [-0.39, 0.29) is 10.8 Å². The molecule has 1 aliphatic rings. The molecule has 0 radical (unpaired) electrons. The average molecular weight is 479 g/mol. The Labute approximate surface area is 111 Å². The standard InChI is InChI=1S/C3H2Cl3.6ClH.Sb/c4-1-2(5)3(1)6;;;;;;;/h1-2H;6*1H;/q+1;;;;;;;+5/p-6. The first-order valence-electron chi connectivity index (χ1n) is 2.55. The first-order valence-corrected chi connectivity index (χ1v) is 23.2. The minimum absolute atomic E-state index is 0.0617. The summed E-state index contributed by atoms with van der Waals surface area (Å²) < 4.78 is 0. The van der Waals surface area contributed by atoms with Gasteiger partial charge in [-0.05, 0) is 0 Å². The summed E-state index contributed by atoms with van der Waals surface area (Å²) in [5.41, 5.74) is 0. The Hall–Kier alpha value is 3.30. The molecule has 0 spiro atoms. The van der Waals surface area contributed by atoms with Gasteiger partial charge in [-0.3, -0.25) is 0 Å². The molecular formula is C3H2Cl9Sb. The molecule has 1 rings (SSSR count). The van der Waals surface area contributed by atoms with Gasteiger partial charge in [0.05, 0.1) is 0 Å². The van der Waals surface area contributed by atoms with Gasteiger partial charge in [0, 0.05) is 0 Å². The van der Waals surface area contributed by atoms with Crippen LogP contribution in [0.1, 0.15) is 0 Å². The molecule has 1 aliphatic carbocycles. The van der Waals surface area contributed by atoms with Crippen molar-refractivity contribution in [2.45, 2.75) is 10.8 Å². The Balaban J connectivity index is 0.000000223. The minimum atomic E-state index is -5.42. The van der Waals surface area contributed by atoms with Crippen molar-refractivity contribution >= 4 is 96.9 Å². The number of halogens is 9. The van der Waals surface area contributed by atoms with Gasteiger partial charge in [-0.1, -0.05) is 23.2 Å². The molecule has 13 heavy (non-hydrogen) atoms. The van der Waals surface area contributed by atoms with Crippen molar-refractivity contribution in [3.8, 4) is 0 Å². The molecule has 0 bridgehead atoms. The van der Waals surface area contributed by atoms with Gasteiger partial charge >= 0.3 is 62.1 Å². The van der Waals surface area contributed by atoms with Gasteiger partial charge in [0.15, 0.2) is 0 Å². The molecule has 0 aromatic carbocycles. The van der Waals surface area contributed by atoms with Crippen LogP contribution in [0.25, 0.3) is 0 Å². The third-order valence-electron chi connectivity index (χ3n) is 0.675. The number of hydrogen-bond acceptors (Lipinski definition) is 0. The fourth-order valence-electron chi connectivity index (χ4n) is 0.176. The Morgan fingerprint density at radius 1 is 0.769 bits per heavy atom. The summed E-state index contributed by atoms with van der Waals surface area (Å²) in [6, 6.07) is 0. The van der Waals surface area contributed by atoms with Crippen LogP contribution in [0.5, 0.6) is 0 Å². The second-order valence-corrected chi connectivity index (χ2v) is 60.4. The topological polar surface area (TPSA) is 0 Å². The van der Waals surface area contributed by atoms with Crippen molar-refractivity contribution in [2.75, 3.05) is 0 Å².